The minimum atomic E-state index is 0.548. The van der Waals surface area contributed by atoms with Gasteiger partial charge in [-0.3, -0.25) is 4.99 Å². The predicted molar refractivity (Wildman–Crippen MR) is 72.2 cm³/mol. The molecule has 2 atom stereocenters. The quantitative estimate of drug-likeness (QED) is 0.755. The van der Waals surface area contributed by atoms with Crippen LogP contribution in [0.25, 0.3) is 0 Å². The van der Waals surface area contributed by atoms with E-state index in [4.69, 9.17) is 4.74 Å². The molecule has 1 rings (SSSR count). The van der Waals surface area contributed by atoms with Crippen LogP contribution in [0.4, 0.5) is 0 Å². The fourth-order valence-corrected chi connectivity index (χ4v) is 2.86. The van der Waals surface area contributed by atoms with Crippen LogP contribution in [-0.2, 0) is 4.74 Å². The van der Waals surface area contributed by atoms with E-state index in [0.717, 1.165) is 24.9 Å². The molecule has 16 heavy (non-hydrogen) atoms. The summed E-state index contributed by atoms with van der Waals surface area (Å²) in [5.74, 6) is 0.606. The Morgan fingerprint density at radius 2 is 2.25 bits per heavy atom. The van der Waals surface area contributed by atoms with Gasteiger partial charge in [0.1, 0.15) is 0 Å². The molecule has 2 unspecified atom stereocenters. The lowest BCUT2D eigenvalue weighted by molar-refractivity contribution is 0.117. The number of hydrogen-bond donors (Lipinski definition) is 1. The van der Waals surface area contributed by atoms with E-state index in [1.807, 2.05) is 11.8 Å². The number of nitrogens with zero attached hydrogens (tertiary/aromatic N) is 1. The van der Waals surface area contributed by atoms with Crippen LogP contribution in [0.3, 0.4) is 0 Å². The molecule has 0 aromatic rings. The van der Waals surface area contributed by atoms with Crippen molar-refractivity contribution in [3.05, 3.63) is 0 Å². The van der Waals surface area contributed by atoms with Gasteiger partial charge in [0.2, 0.25) is 0 Å². The molecule has 0 bridgehead atoms. The molecule has 0 amide bonds. The van der Waals surface area contributed by atoms with Gasteiger partial charge >= 0.3 is 0 Å². The van der Waals surface area contributed by atoms with Crippen LogP contribution < -0.4 is 5.32 Å². The zero-order valence-corrected chi connectivity index (χ0v) is 11.6. The molecule has 94 valence electrons. The molecule has 1 heterocycles. The lowest BCUT2D eigenvalue weighted by Crippen LogP contribution is -2.38. The first-order valence-corrected chi connectivity index (χ1v) is 7.01. The Balaban J connectivity index is 2.18. The van der Waals surface area contributed by atoms with Crippen molar-refractivity contribution in [3.8, 4) is 0 Å². The van der Waals surface area contributed by atoms with Crippen molar-refractivity contribution in [3.63, 3.8) is 0 Å². The fourth-order valence-electron chi connectivity index (χ4n) is 1.65. The van der Waals surface area contributed by atoms with E-state index in [9.17, 15) is 0 Å². The summed E-state index contributed by atoms with van der Waals surface area (Å²) in [6.07, 6.45) is 1.22. The second kappa shape index (κ2) is 7.17. The average molecular weight is 244 g/mol. The number of nitrogens with one attached hydrogen (secondary N) is 1. The molecule has 0 aliphatic carbocycles. The smallest absolute Gasteiger partial charge is 0.157 e. The van der Waals surface area contributed by atoms with E-state index in [2.05, 4.69) is 38.0 Å². The van der Waals surface area contributed by atoms with Gasteiger partial charge in [-0.25, -0.2) is 0 Å². The average Bonchev–Trinajstić information content (AvgIpc) is 2.15. The highest BCUT2D eigenvalue weighted by atomic mass is 32.2. The second-order valence-electron chi connectivity index (χ2n) is 4.87. The molecular formula is C12H24N2OS. The third-order valence-corrected chi connectivity index (χ3v) is 3.38. The standard InChI is InChI=1S/C12H24N2OS/c1-9(2)8-15-6-5-13-12-14-10(3)7-11(4)16-12/h9-11H,5-8H2,1-4H3,(H,13,14). The van der Waals surface area contributed by atoms with Gasteiger partial charge in [-0.2, -0.15) is 0 Å². The number of hydrogen-bond acceptors (Lipinski definition) is 3. The maximum atomic E-state index is 5.50. The molecule has 3 nitrogen and oxygen atoms in total. The monoisotopic (exact) mass is 244 g/mol. The summed E-state index contributed by atoms with van der Waals surface area (Å²) < 4.78 is 5.50. The first kappa shape index (κ1) is 13.8. The summed E-state index contributed by atoms with van der Waals surface area (Å²) in [5, 5.41) is 5.16. The molecule has 4 heteroatoms. The van der Waals surface area contributed by atoms with Gasteiger partial charge in [0.05, 0.1) is 13.2 Å². The number of rotatable bonds is 5. The van der Waals surface area contributed by atoms with E-state index < -0.39 is 0 Å². The Kier molecular flexibility index (Phi) is 6.21. The Bertz CT molecular complexity index is 219. The maximum Gasteiger partial charge on any atom is 0.157 e. The highest BCUT2D eigenvalue weighted by molar-refractivity contribution is 8.14. The Labute approximate surface area is 103 Å². The molecule has 1 fully saturated rings. The summed E-state index contributed by atoms with van der Waals surface area (Å²) >= 11 is 1.84. The largest absolute Gasteiger partial charge is 0.379 e. The predicted octanol–water partition coefficient (Wildman–Crippen LogP) is 2.52. The van der Waals surface area contributed by atoms with Crippen molar-refractivity contribution < 1.29 is 4.74 Å². The van der Waals surface area contributed by atoms with Crippen LogP contribution in [-0.4, -0.2) is 36.2 Å². The Morgan fingerprint density at radius 1 is 1.50 bits per heavy atom. The lowest BCUT2D eigenvalue weighted by Gasteiger charge is -2.26. The van der Waals surface area contributed by atoms with Crippen molar-refractivity contribution in [2.24, 2.45) is 10.9 Å². The van der Waals surface area contributed by atoms with E-state index in [-0.39, 0.29) is 0 Å². The highest BCUT2D eigenvalue weighted by Gasteiger charge is 2.19. The summed E-state index contributed by atoms with van der Waals surface area (Å²) in [6.45, 7) is 11.1. The molecule has 0 saturated carbocycles. The SMILES string of the molecule is CC(C)COCCN=C1NC(C)CC(C)S1. The van der Waals surface area contributed by atoms with Gasteiger partial charge < -0.3 is 10.1 Å². The summed E-state index contributed by atoms with van der Waals surface area (Å²) in [4.78, 5) is 4.52. The van der Waals surface area contributed by atoms with Crippen LogP contribution in [0.15, 0.2) is 4.99 Å². The van der Waals surface area contributed by atoms with Crippen molar-refractivity contribution in [2.75, 3.05) is 19.8 Å². The third kappa shape index (κ3) is 5.75. The van der Waals surface area contributed by atoms with Crippen LogP contribution >= 0.6 is 11.8 Å². The second-order valence-corrected chi connectivity index (χ2v) is 6.29. The lowest BCUT2D eigenvalue weighted by atomic mass is 10.2. The summed E-state index contributed by atoms with van der Waals surface area (Å²) in [5.41, 5.74) is 0. The third-order valence-electron chi connectivity index (χ3n) is 2.31. The highest BCUT2D eigenvalue weighted by Crippen LogP contribution is 2.21. The molecule has 1 N–H and O–H groups in total. The Morgan fingerprint density at radius 3 is 2.88 bits per heavy atom. The minimum Gasteiger partial charge on any atom is -0.379 e. The van der Waals surface area contributed by atoms with Gasteiger partial charge in [0.15, 0.2) is 5.17 Å². The molecule has 0 aromatic heterocycles. The minimum absolute atomic E-state index is 0.548. The summed E-state index contributed by atoms with van der Waals surface area (Å²) in [6, 6.07) is 0.548. The van der Waals surface area contributed by atoms with Gasteiger partial charge in [-0.05, 0) is 19.3 Å². The number of amidine groups is 1. The molecule has 1 aliphatic heterocycles. The van der Waals surface area contributed by atoms with Crippen LogP contribution in [0.2, 0.25) is 0 Å². The van der Waals surface area contributed by atoms with Gasteiger partial charge in [-0.1, -0.05) is 32.5 Å². The van der Waals surface area contributed by atoms with E-state index in [1.165, 1.54) is 6.42 Å². The van der Waals surface area contributed by atoms with Gasteiger partial charge in [0.25, 0.3) is 0 Å². The van der Waals surface area contributed by atoms with Gasteiger partial charge in [0, 0.05) is 17.9 Å². The number of thioether (sulfide) groups is 1. The summed E-state index contributed by atoms with van der Waals surface area (Å²) in [7, 11) is 0. The van der Waals surface area contributed by atoms with E-state index in [0.29, 0.717) is 17.2 Å². The normalized spacial score (nSPS) is 28.4. The number of ether oxygens (including phenoxy) is 1. The number of aliphatic imine (C=N–C) groups is 1. The molecular weight excluding hydrogens is 220 g/mol. The topological polar surface area (TPSA) is 33.6 Å². The zero-order chi connectivity index (χ0) is 12.0. The van der Waals surface area contributed by atoms with Gasteiger partial charge in [-0.15, -0.1) is 0 Å². The van der Waals surface area contributed by atoms with Crippen molar-refractivity contribution in [1.82, 2.24) is 5.32 Å². The van der Waals surface area contributed by atoms with Crippen molar-refractivity contribution >= 4 is 16.9 Å². The van der Waals surface area contributed by atoms with Crippen LogP contribution in [0, 0.1) is 5.92 Å². The maximum absolute atomic E-state index is 5.50. The molecule has 1 saturated heterocycles. The Hall–Kier alpha value is -0.220. The van der Waals surface area contributed by atoms with E-state index in [1.54, 1.807) is 0 Å². The molecule has 0 radical (unpaired) electrons. The van der Waals surface area contributed by atoms with Crippen molar-refractivity contribution in [1.29, 1.82) is 0 Å². The van der Waals surface area contributed by atoms with Crippen molar-refractivity contribution in [2.45, 2.75) is 45.4 Å². The van der Waals surface area contributed by atoms with Crippen LogP contribution in [0.5, 0.6) is 0 Å². The van der Waals surface area contributed by atoms with E-state index >= 15 is 0 Å². The first-order valence-electron chi connectivity index (χ1n) is 6.13. The van der Waals surface area contributed by atoms with Crippen LogP contribution in [0.1, 0.15) is 34.1 Å². The molecule has 0 spiro atoms. The molecule has 0 aromatic carbocycles. The fraction of sp³-hybridized carbons (Fsp3) is 0.917. The molecule has 1 aliphatic rings. The first-order chi connectivity index (χ1) is 7.58. The zero-order valence-electron chi connectivity index (χ0n) is 10.8.